The number of hydrogen-bond donors (Lipinski definition) is 0. The van der Waals surface area contributed by atoms with E-state index >= 15 is 0 Å². The van der Waals surface area contributed by atoms with Gasteiger partial charge >= 0.3 is 0 Å². The van der Waals surface area contributed by atoms with Crippen LogP contribution in [0.15, 0.2) is 0 Å². The van der Waals surface area contributed by atoms with Crippen molar-refractivity contribution in [1.29, 1.82) is 0 Å². The van der Waals surface area contributed by atoms with Gasteiger partial charge in [-0.1, -0.05) is 0 Å². The number of piperazine rings is 2. The van der Waals surface area contributed by atoms with Crippen LogP contribution in [0.5, 0.6) is 0 Å². The molecule has 7 unspecified atom stereocenters. The first-order valence-electron chi connectivity index (χ1n) is 15.6. The molecule has 39 heavy (non-hydrogen) atoms. The molecule has 0 aromatic heterocycles. The average Bonchev–Trinajstić information content (AvgIpc) is 3.47. The van der Waals surface area contributed by atoms with Crippen LogP contribution < -0.4 is 0 Å². The molecule has 6 saturated heterocycles. The fourth-order valence-corrected chi connectivity index (χ4v) is 9.11. The molecule has 6 rings (SSSR count). The fourth-order valence-electron chi connectivity index (χ4n) is 9.11. The van der Waals surface area contributed by atoms with Crippen LogP contribution in [0.4, 0.5) is 0 Å². The van der Waals surface area contributed by atoms with Gasteiger partial charge < -0.3 is 19.4 Å². The minimum atomic E-state index is -0.0379. The van der Waals surface area contributed by atoms with Crippen molar-refractivity contribution in [3.63, 3.8) is 0 Å². The quantitative estimate of drug-likeness (QED) is 0.476. The lowest BCUT2D eigenvalue weighted by Gasteiger charge is -2.58. The smallest absolute Gasteiger partial charge is 0.240 e. The van der Waals surface area contributed by atoms with Gasteiger partial charge in [0.2, 0.25) is 17.7 Å². The lowest BCUT2D eigenvalue weighted by molar-refractivity contribution is -0.180. The molecule has 218 valence electrons. The fraction of sp³-hybridized carbons (Fsp3) is 0.900. The first kappa shape index (κ1) is 27.5. The molecule has 9 heteroatoms. The summed E-state index contributed by atoms with van der Waals surface area (Å²) in [5, 5.41) is 0. The number of amides is 3. The van der Waals surface area contributed by atoms with Gasteiger partial charge in [0.25, 0.3) is 0 Å². The molecular formula is C30H49N5O4. The van der Waals surface area contributed by atoms with Crippen molar-refractivity contribution < 1.29 is 19.1 Å². The summed E-state index contributed by atoms with van der Waals surface area (Å²) >= 11 is 0. The Kier molecular flexibility index (Phi) is 7.24. The largest absolute Gasteiger partial charge is 0.378 e. The SMILES string of the molecule is CC(C)N1CC2CC(CC(C)N3CCN4CC(C5CC6(CCO5)CC(=O)N6C(C)C)CC4C3=O)CN2CC1=O. The number of rotatable bonds is 6. The van der Waals surface area contributed by atoms with Gasteiger partial charge in [0, 0.05) is 63.5 Å². The van der Waals surface area contributed by atoms with Crippen molar-refractivity contribution in [2.24, 2.45) is 11.8 Å². The topological polar surface area (TPSA) is 76.6 Å². The van der Waals surface area contributed by atoms with Crippen molar-refractivity contribution >= 4 is 17.7 Å². The summed E-state index contributed by atoms with van der Waals surface area (Å²) in [6, 6.07) is 1.13. The highest BCUT2D eigenvalue weighted by atomic mass is 16.5. The van der Waals surface area contributed by atoms with Gasteiger partial charge in [0.1, 0.15) is 0 Å². The molecule has 9 nitrogen and oxygen atoms in total. The van der Waals surface area contributed by atoms with Crippen molar-refractivity contribution in [1.82, 2.24) is 24.5 Å². The van der Waals surface area contributed by atoms with Gasteiger partial charge in [0.05, 0.1) is 30.7 Å². The van der Waals surface area contributed by atoms with E-state index in [0.717, 1.165) is 64.8 Å². The Morgan fingerprint density at radius 2 is 1.69 bits per heavy atom. The van der Waals surface area contributed by atoms with Gasteiger partial charge in [0.15, 0.2) is 0 Å². The standard InChI is InChI=1S/C30H49N5O4/c1-19(2)34-17-24-11-22(15-32(24)18-28(34)37)10-21(5)33-8-7-31-16-23(12-25(31)29(33)38)26-13-30(6-9-39-26)14-27(36)35(30)20(3)4/h19-26H,6-18H2,1-5H3. The molecule has 7 atom stereocenters. The second-order valence-electron chi connectivity index (χ2n) is 14.1. The van der Waals surface area contributed by atoms with E-state index < -0.39 is 0 Å². The van der Waals surface area contributed by atoms with Crippen LogP contribution in [0, 0.1) is 11.8 Å². The van der Waals surface area contributed by atoms with Gasteiger partial charge in [-0.3, -0.25) is 24.2 Å². The highest BCUT2D eigenvalue weighted by Gasteiger charge is 2.56. The molecule has 0 aliphatic carbocycles. The van der Waals surface area contributed by atoms with Crippen LogP contribution in [0.25, 0.3) is 0 Å². The predicted molar refractivity (Wildman–Crippen MR) is 148 cm³/mol. The number of carbonyl (C=O) groups is 3. The van der Waals surface area contributed by atoms with E-state index in [1.54, 1.807) is 0 Å². The van der Waals surface area contributed by atoms with Gasteiger partial charge in [-0.05, 0) is 78.6 Å². The van der Waals surface area contributed by atoms with Crippen LogP contribution in [-0.2, 0) is 19.1 Å². The molecule has 0 radical (unpaired) electrons. The molecule has 1 spiro atoms. The third kappa shape index (κ3) is 4.80. The maximum absolute atomic E-state index is 13.8. The van der Waals surface area contributed by atoms with Crippen molar-refractivity contribution in [3.05, 3.63) is 0 Å². The Hall–Kier alpha value is -1.71. The van der Waals surface area contributed by atoms with Crippen LogP contribution in [-0.4, -0.2) is 130 Å². The number of likely N-dealkylation sites (tertiary alicyclic amines) is 1. The summed E-state index contributed by atoms with van der Waals surface area (Å²) in [7, 11) is 0. The van der Waals surface area contributed by atoms with Crippen LogP contribution in [0.2, 0.25) is 0 Å². The highest BCUT2D eigenvalue weighted by Crippen LogP contribution is 2.46. The molecule has 3 amide bonds. The Bertz CT molecular complexity index is 988. The van der Waals surface area contributed by atoms with E-state index in [1.165, 1.54) is 0 Å². The van der Waals surface area contributed by atoms with Gasteiger partial charge in [-0.2, -0.15) is 0 Å². The van der Waals surface area contributed by atoms with E-state index in [9.17, 15) is 14.4 Å². The zero-order valence-corrected chi connectivity index (χ0v) is 24.7. The zero-order chi connectivity index (χ0) is 27.6. The summed E-state index contributed by atoms with van der Waals surface area (Å²) in [4.78, 5) is 49.8. The second-order valence-corrected chi connectivity index (χ2v) is 14.1. The Balaban J connectivity index is 1.04. The summed E-state index contributed by atoms with van der Waals surface area (Å²) < 4.78 is 6.32. The molecule has 6 aliphatic heterocycles. The molecule has 0 aromatic carbocycles. The molecule has 6 aliphatic rings. The molecule has 6 heterocycles. The van der Waals surface area contributed by atoms with Crippen molar-refractivity contribution in [2.45, 2.75) is 115 Å². The van der Waals surface area contributed by atoms with Crippen LogP contribution in [0.3, 0.4) is 0 Å². The van der Waals surface area contributed by atoms with E-state index in [4.69, 9.17) is 4.74 Å². The molecule has 0 bridgehead atoms. The molecule has 0 saturated carbocycles. The number of nitrogens with zero attached hydrogens (tertiary/aromatic N) is 5. The number of β-lactam (4-membered cyclic amide) rings is 1. The van der Waals surface area contributed by atoms with E-state index in [1.807, 2.05) is 4.90 Å². The van der Waals surface area contributed by atoms with Crippen LogP contribution in [0.1, 0.15) is 73.1 Å². The minimum absolute atomic E-state index is 0.0346. The zero-order valence-electron chi connectivity index (χ0n) is 24.7. The normalized spacial score (nSPS) is 38.7. The Labute approximate surface area is 234 Å². The lowest BCUT2D eigenvalue weighted by atomic mass is 9.72. The monoisotopic (exact) mass is 543 g/mol. The average molecular weight is 544 g/mol. The third-order valence-electron chi connectivity index (χ3n) is 10.9. The summed E-state index contributed by atoms with van der Waals surface area (Å²) in [5.74, 6) is 1.71. The Morgan fingerprint density at radius 1 is 0.897 bits per heavy atom. The Morgan fingerprint density at radius 3 is 2.41 bits per heavy atom. The van der Waals surface area contributed by atoms with Crippen molar-refractivity contribution in [2.75, 3.05) is 45.9 Å². The molecule has 0 N–H and O–H groups in total. The number of fused-ring (bicyclic) bond motifs is 2. The first-order chi connectivity index (χ1) is 18.6. The molecule has 6 fully saturated rings. The molecular weight excluding hydrogens is 494 g/mol. The lowest BCUT2D eigenvalue weighted by Crippen LogP contribution is -2.69. The third-order valence-corrected chi connectivity index (χ3v) is 10.9. The van der Waals surface area contributed by atoms with E-state index in [2.05, 4.69) is 54.2 Å². The maximum atomic E-state index is 13.8. The number of ether oxygens (including phenoxy) is 1. The number of hydrogen-bond acceptors (Lipinski definition) is 6. The summed E-state index contributed by atoms with van der Waals surface area (Å²) in [6.07, 6.45) is 5.62. The first-order valence-corrected chi connectivity index (χ1v) is 15.6. The minimum Gasteiger partial charge on any atom is -0.378 e. The second kappa shape index (κ2) is 10.3. The number of carbonyl (C=O) groups excluding carboxylic acids is 3. The van der Waals surface area contributed by atoms with Gasteiger partial charge in [-0.15, -0.1) is 0 Å². The van der Waals surface area contributed by atoms with Crippen LogP contribution >= 0.6 is 0 Å². The van der Waals surface area contributed by atoms with E-state index in [0.29, 0.717) is 43.4 Å². The molecule has 0 aromatic rings. The predicted octanol–water partition coefficient (Wildman–Crippen LogP) is 1.80. The summed E-state index contributed by atoms with van der Waals surface area (Å²) in [6.45, 7) is 16.4. The highest BCUT2D eigenvalue weighted by molar-refractivity contribution is 5.85. The van der Waals surface area contributed by atoms with Gasteiger partial charge in [-0.25, -0.2) is 0 Å². The maximum Gasteiger partial charge on any atom is 0.240 e. The van der Waals surface area contributed by atoms with E-state index in [-0.39, 0.29) is 47.6 Å². The van der Waals surface area contributed by atoms with Crippen molar-refractivity contribution in [3.8, 4) is 0 Å². The summed E-state index contributed by atoms with van der Waals surface area (Å²) in [5.41, 5.74) is -0.0346.